The van der Waals surface area contributed by atoms with Crippen LogP contribution in [0.25, 0.3) is 0 Å². The van der Waals surface area contributed by atoms with Crippen molar-refractivity contribution in [2.45, 2.75) is 84.1 Å². The molecule has 0 bridgehead atoms. The molecule has 0 unspecified atom stereocenters. The Kier molecular flexibility index (Phi) is 14.3. The van der Waals surface area contributed by atoms with Crippen LogP contribution < -0.4 is 0 Å². The number of benzene rings is 3. The van der Waals surface area contributed by atoms with Crippen molar-refractivity contribution in [1.29, 1.82) is 0 Å². The zero-order valence-corrected chi connectivity index (χ0v) is 27.8. The second kappa shape index (κ2) is 17.4. The predicted molar refractivity (Wildman–Crippen MR) is 167 cm³/mol. The van der Waals surface area contributed by atoms with E-state index >= 15 is 8.78 Å². The van der Waals surface area contributed by atoms with Crippen LogP contribution in [0.15, 0.2) is 87.5 Å². The van der Waals surface area contributed by atoms with E-state index in [0.29, 0.717) is 6.42 Å². The van der Waals surface area contributed by atoms with Gasteiger partial charge in [0.05, 0.1) is 6.61 Å². The second-order valence-electron chi connectivity index (χ2n) is 10.3. The van der Waals surface area contributed by atoms with E-state index in [2.05, 4.69) is 20.7 Å². The van der Waals surface area contributed by atoms with Gasteiger partial charge < -0.3 is 4.74 Å². The summed E-state index contributed by atoms with van der Waals surface area (Å²) < 4.78 is 109. The third-order valence-electron chi connectivity index (χ3n) is 6.94. The van der Waals surface area contributed by atoms with Gasteiger partial charge in [0.1, 0.15) is 17.5 Å². The Balaban J connectivity index is 1.77. The molecule has 0 aliphatic rings. The number of carbonyl (C=O) groups excluding carboxylic acids is 1. The fraction of sp³-hybridized carbons (Fsp3) is 0.406. The lowest BCUT2D eigenvalue weighted by molar-refractivity contribution is -0.161. The summed E-state index contributed by atoms with van der Waals surface area (Å²) in [6, 6.07) is 12.5. The summed E-state index contributed by atoms with van der Waals surface area (Å²) >= 11 is 3.41. The van der Waals surface area contributed by atoms with E-state index in [0.717, 1.165) is 117 Å². The Labute approximate surface area is 271 Å². The molecule has 0 heterocycles. The third kappa shape index (κ3) is 10.0. The highest BCUT2D eigenvalue weighted by molar-refractivity contribution is 9.09. The first kappa shape index (κ1) is 37.0. The third-order valence-corrected chi connectivity index (χ3v) is 12.6. The molecule has 0 atom stereocenters. The fourth-order valence-electron chi connectivity index (χ4n) is 4.54. The van der Waals surface area contributed by atoms with Crippen LogP contribution in [0.4, 0.5) is 22.0 Å². The molecule has 0 saturated carbocycles. The molecule has 248 valence electrons. The van der Waals surface area contributed by atoms with Gasteiger partial charge in [-0.25, -0.2) is 21.6 Å². The van der Waals surface area contributed by atoms with Crippen molar-refractivity contribution in [2.75, 3.05) is 11.9 Å². The number of rotatable bonds is 19. The summed E-state index contributed by atoms with van der Waals surface area (Å²) in [7, 11) is -9.89. The summed E-state index contributed by atoms with van der Waals surface area (Å²) in [6.45, 7) is -0.414. The van der Waals surface area contributed by atoms with Gasteiger partial charge in [-0.2, -0.15) is 17.2 Å². The summed E-state index contributed by atoms with van der Waals surface area (Å²) in [4.78, 5) is 12.2. The Morgan fingerprint density at radius 3 is 1.29 bits per heavy atom. The van der Waals surface area contributed by atoms with Gasteiger partial charge in [0, 0.05) is 20.0 Å². The van der Waals surface area contributed by atoms with E-state index in [1.807, 2.05) is 0 Å². The minimum absolute atomic E-state index is 0.0891. The molecule has 45 heavy (non-hydrogen) atoms. The molecule has 0 amide bonds. The number of hydrogen-bond acceptors (Lipinski definition) is 5. The number of hydrogen-bond donors (Lipinski definition) is 0. The van der Waals surface area contributed by atoms with E-state index < -0.39 is 55.7 Å². The smallest absolute Gasteiger partial charge is 0.460 e. The summed E-state index contributed by atoms with van der Waals surface area (Å²) in [5, 5.41) is -4.13. The van der Waals surface area contributed by atoms with Crippen LogP contribution in [0.1, 0.15) is 64.2 Å². The minimum atomic E-state index is -6.11. The second-order valence-corrected chi connectivity index (χ2v) is 15.6. The van der Waals surface area contributed by atoms with Gasteiger partial charge in [0.25, 0.3) is 0 Å². The molecule has 0 aliphatic carbocycles. The molecule has 13 heteroatoms. The van der Waals surface area contributed by atoms with E-state index in [4.69, 9.17) is 3.63 Å². The SMILES string of the molecule is O=C(OCCCCCCCCCCCCBr)C(F)(F)S(=O)(=O)OS(c1ccc(F)cc1)(c1ccc(F)cc1)c1ccc(F)cc1. The van der Waals surface area contributed by atoms with Crippen LogP contribution >= 0.6 is 26.2 Å². The van der Waals surface area contributed by atoms with E-state index in [9.17, 15) is 26.4 Å². The lowest BCUT2D eigenvalue weighted by Crippen LogP contribution is -2.41. The lowest BCUT2D eigenvalue weighted by atomic mass is 10.1. The van der Waals surface area contributed by atoms with E-state index in [1.165, 1.54) is 12.8 Å². The quantitative estimate of drug-likeness (QED) is 0.0530. The Morgan fingerprint density at radius 2 is 0.933 bits per heavy atom. The highest BCUT2D eigenvalue weighted by atomic mass is 79.9. The maximum absolute atomic E-state index is 15.3. The average Bonchev–Trinajstić information content (AvgIpc) is 3.01. The molecular weight excluding hydrogens is 703 g/mol. The van der Waals surface area contributed by atoms with Crippen molar-refractivity contribution in [1.82, 2.24) is 0 Å². The van der Waals surface area contributed by atoms with Gasteiger partial charge in [-0.15, -0.1) is 0 Å². The molecule has 3 rings (SSSR count). The van der Waals surface area contributed by atoms with Crippen LogP contribution in [0, 0.1) is 17.5 Å². The van der Waals surface area contributed by atoms with E-state index in [-0.39, 0.29) is 21.1 Å². The Morgan fingerprint density at radius 1 is 0.600 bits per heavy atom. The van der Waals surface area contributed by atoms with Gasteiger partial charge in [-0.1, -0.05) is 67.3 Å². The van der Waals surface area contributed by atoms with Crippen LogP contribution in [-0.4, -0.2) is 31.6 Å². The van der Waals surface area contributed by atoms with Crippen molar-refractivity contribution in [3.05, 3.63) is 90.2 Å². The molecule has 5 nitrogen and oxygen atoms in total. The molecule has 3 aromatic rings. The normalized spacial score (nSPS) is 12.7. The summed E-state index contributed by atoms with van der Waals surface area (Å²) in [5.41, 5.74) is 0. The van der Waals surface area contributed by atoms with Gasteiger partial charge in [0.2, 0.25) is 0 Å². The molecule has 3 aromatic carbocycles. The van der Waals surface area contributed by atoms with Crippen LogP contribution in [0.2, 0.25) is 0 Å². The first-order chi connectivity index (χ1) is 21.4. The van der Waals surface area contributed by atoms with Crippen molar-refractivity contribution < 1.29 is 43.5 Å². The van der Waals surface area contributed by atoms with Crippen molar-refractivity contribution in [3.8, 4) is 0 Å². The van der Waals surface area contributed by atoms with Crippen molar-refractivity contribution in [3.63, 3.8) is 0 Å². The Hall–Kier alpha value is -2.48. The number of carbonyl (C=O) groups is 1. The van der Waals surface area contributed by atoms with Gasteiger partial charge in [-0.05, 0) is 95.9 Å². The van der Waals surface area contributed by atoms with E-state index in [1.54, 1.807) is 0 Å². The molecule has 0 spiro atoms. The monoisotopic (exact) mass is 738 g/mol. The first-order valence-electron chi connectivity index (χ1n) is 14.6. The minimum Gasteiger partial charge on any atom is -0.460 e. The zero-order valence-electron chi connectivity index (χ0n) is 24.5. The van der Waals surface area contributed by atoms with Gasteiger partial charge >= 0.3 is 21.3 Å². The lowest BCUT2D eigenvalue weighted by Gasteiger charge is -2.39. The van der Waals surface area contributed by atoms with Gasteiger partial charge in [0.15, 0.2) is 0 Å². The predicted octanol–water partition coefficient (Wildman–Crippen LogP) is 10.1. The first-order valence-corrected chi connectivity index (χ1v) is 18.7. The number of alkyl halides is 3. The highest BCUT2D eigenvalue weighted by Crippen LogP contribution is 2.70. The number of halogens is 6. The molecule has 0 fully saturated rings. The van der Waals surface area contributed by atoms with Crippen LogP contribution in [0.5, 0.6) is 0 Å². The van der Waals surface area contributed by atoms with Crippen LogP contribution in [-0.2, 0) is 23.3 Å². The number of ether oxygens (including phenoxy) is 1. The fourth-order valence-corrected chi connectivity index (χ4v) is 9.94. The number of unbranched alkanes of at least 4 members (excludes halogenated alkanes) is 9. The topological polar surface area (TPSA) is 69.7 Å². The standard InChI is InChI=1S/C32H36BrF5O5S2/c33-23-9-7-5-3-1-2-4-6-8-10-24-42-31(39)32(37,38)45(40,41)43-44(28-17-11-25(34)12-18-28,29-19-13-26(35)14-20-29)30-21-15-27(36)16-22-30/h11-22H,1-10,23-24H2. The zero-order chi connectivity index (χ0) is 32.9. The summed E-state index contributed by atoms with van der Waals surface area (Å²) in [5.74, 6) is -4.47. The molecule has 0 N–H and O–H groups in total. The molecule has 0 aromatic heterocycles. The van der Waals surface area contributed by atoms with Gasteiger partial charge in [-0.3, -0.25) is 0 Å². The van der Waals surface area contributed by atoms with Crippen LogP contribution in [0.3, 0.4) is 0 Å². The van der Waals surface area contributed by atoms with Crippen molar-refractivity contribution >= 4 is 42.3 Å². The molecule has 0 radical (unpaired) electrons. The highest BCUT2D eigenvalue weighted by Gasteiger charge is 2.59. The largest absolute Gasteiger partial charge is 0.466 e. The maximum Gasteiger partial charge on any atom is 0.466 e. The maximum atomic E-state index is 15.3. The number of esters is 1. The molecular formula is C32H36BrF5O5S2. The van der Waals surface area contributed by atoms with Crippen molar-refractivity contribution in [2.24, 2.45) is 0 Å². The Bertz CT molecular complexity index is 1340. The summed E-state index contributed by atoms with van der Waals surface area (Å²) in [6.07, 6.45) is 9.48. The molecule has 0 aliphatic heterocycles. The molecule has 0 saturated heterocycles. The average molecular weight is 740 g/mol.